The van der Waals surface area contributed by atoms with Crippen LogP contribution in [0.2, 0.25) is 0 Å². The van der Waals surface area contributed by atoms with Crippen LogP contribution in [-0.4, -0.2) is 80.4 Å². The highest BCUT2D eigenvalue weighted by Crippen LogP contribution is 2.36. The van der Waals surface area contributed by atoms with Crippen LogP contribution in [0.1, 0.15) is 34.3 Å². The van der Waals surface area contributed by atoms with Gasteiger partial charge < -0.3 is 19.7 Å². The Hall–Kier alpha value is -4.70. The van der Waals surface area contributed by atoms with Crippen molar-refractivity contribution >= 4 is 34.5 Å². The van der Waals surface area contributed by atoms with E-state index in [4.69, 9.17) is 0 Å². The molecule has 2 aromatic carbocycles. The molecule has 3 fully saturated rings. The summed E-state index contributed by atoms with van der Waals surface area (Å²) in [6, 6.07) is 15.1. The zero-order valence-corrected chi connectivity index (χ0v) is 24.2. The molecule has 6 rings (SSSR count). The van der Waals surface area contributed by atoms with Crippen molar-refractivity contribution in [2.24, 2.45) is 5.92 Å². The smallest absolute Gasteiger partial charge is 0.334 e. The van der Waals surface area contributed by atoms with Crippen LogP contribution in [0.15, 0.2) is 80.0 Å². The predicted octanol–water partition coefficient (Wildman–Crippen LogP) is 3.55. The van der Waals surface area contributed by atoms with Crippen molar-refractivity contribution in [3.8, 4) is 0 Å². The van der Waals surface area contributed by atoms with Gasteiger partial charge in [-0.1, -0.05) is 60.7 Å². The number of benzene rings is 2. The van der Waals surface area contributed by atoms with Crippen LogP contribution < -0.4 is 5.32 Å². The van der Waals surface area contributed by atoms with E-state index >= 15 is 0 Å². The Labute approximate surface area is 250 Å². The minimum atomic E-state index is -0.680. The molecule has 10 nitrogen and oxygen atoms in total. The topological polar surface area (TPSA) is 98.2 Å². The molecule has 43 heavy (non-hydrogen) atoms. The second-order valence-electron chi connectivity index (χ2n) is 11.3. The van der Waals surface area contributed by atoms with Crippen molar-refractivity contribution in [1.82, 2.24) is 29.7 Å². The SMILES string of the molecule is C=CCN1CC(=O)N2CC(=O)N(Cc3cccc4c(C(=O)C5CC5)cn(CC=C)c34)C[C@@H]2N1C(=O)NCc1ccccc1. The lowest BCUT2D eigenvalue weighted by Gasteiger charge is -2.52. The molecular weight excluding hydrogens is 544 g/mol. The fourth-order valence-electron chi connectivity index (χ4n) is 6.11. The number of ketones is 1. The van der Waals surface area contributed by atoms with Crippen LogP contribution >= 0.6 is 0 Å². The van der Waals surface area contributed by atoms with Crippen molar-refractivity contribution < 1.29 is 19.2 Å². The molecule has 2 saturated heterocycles. The normalized spacial score (nSPS) is 19.0. The number of nitrogens with zero attached hydrogens (tertiary/aromatic N) is 5. The lowest BCUT2D eigenvalue weighted by atomic mass is 10.0. The maximum Gasteiger partial charge on any atom is 0.334 e. The molecule has 3 aliphatic rings. The van der Waals surface area contributed by atoms with Gasteiger partial charge in [0.2, 0.25) is 11.8 Å². The predicted molar refractivity (Wildman–Crippen MR) is 162 cm³/mol. The summed E-state index contributed by atoms with van der Waals surface area (Å²) in [6.07, 6.45) is 6.51. The molecule has 2 aliphatic heterocycles. The van der Waals surface area contributed by atoms with Crippen molar-refractivity contribution in [2.45, 2.75) is 38.6 Å². The van der Waals surface area contributed by atoms with Gasteiger partial charge in [0.05, 0.1) is 18.6 Å². The molecule has 1 N–H and O–H groups in total. The van der Waals surface area contributed by atoms with Gasteiger partial charge in [0.1, 0.15) is 12.7 Å². The number of rotatable bonds is 10. The fraction of sp³-hybridized carbons (Fsp3) is 0.333. The lowest BCUT2D eigenvalue weighted by Crippen LogP contribution is -2.73. The van der Waals surface area contributed by atoms with Gasteiger partial charge in [-0.05, 0) is 24.0 Å². The largest absolute Gasteiger partial charge is 0.343 e. The summed E-state index contributed by atoms with van der Waals surface area (Å²) >= 11 is 0. The van der Waals surface area contributed by atoms with Crippen molar-refractivity contribution in [2.75, 3.05) is 26.2 Å². The van der Waals surface area contributed by atoms with Crippen LogP contribution in [0.3, 0.4) is 0 Å². The number of allylic oxidation sites excluding steroid dienone is 1. The number of hydrazine groups is 1. The average molecular weight is 581 g/mol. The van der Waals surface area contributed by atoms with Gasteiger partial charge in [-0.25, -0.2) is 14.8 Å². The molecule has 3 aromatic rings. The minimum absolute atomic E-state index is 0.0271. The maximum atomic E-state index is 13.6. The molecule has 0 unspecified atom stereocenters. The average Bonchev–Trinajstić information content (AvgIpc) is 3.79. The summed E-state index contributed by atoms with van der Waals surface area (Å²) in [5.74, 6) is -0.158. The maximum absolute atomic E-state index is 13.6. The first-order valence-electron chi connectivity index (χ1n) is 14.7. The van der Waals surface area contributed by atoms with Gasteiger partial charge >= 0.3 is 6.03 Å². The molecule has 4 amide bonds. The number of urea groups is 1. The molecule has 10 heteroatoms. The summed E-state index contributed by atoms with van der Waals surface area (Å²) in [4.78, 5) is 56.6. The Morgan fingerprint density at radius 1 is 0.930 bits per heavy atom. The molecule has 0 spiro atoms. The number of amides is 4. The Morgan fingerprint density at radius 3 is 2.42 bits per heavy atom. The van der Waals surface area contributed by atoms with Crippen LogP contribution in [0, 0.1) is 5.92 Å². The Balaban J connectivity index is 1.29. The molecule has 3 heterocycles. The van der Waals surface area contributed by atoms with Gasteiger partial charge in [0.25, 0.3) is 0 Å². The molecule has 0 radical (unpaired) electrons. The van der Waals surface area contributed by atoms with E-state index in [0.29, 0.717) is 25.2 Å². The third-order valence-electron chi connectivity index (χ3n) is 8.34. The van der Waals surface area contributed by atoms with Crippen LogP contribution in [0.4, 0.5) is 4.79 Å². The highest BCUT2D eigenvalue weighted by Gasteiger charge is 2.46. The van der Waals surface area contributed by atoms with E-state index in [1.165, 1.54) is 4.90 Å². The van der Waals surface area contributed by atoms with Crippen molar-refractivity contribution in [1.29, 1.82) is 0 Å². The first kappa shape index (κ1) is 28.4. The van der Waals surface area contributed by atoms with Gasteiger partial charge in [-0.15, -0.1) is 13.2 Å². The third-order valence-corrected chi connectivity index (χ3v) is 8.34. The quantitative estimate of drug-likeness (QED) is 0.292. The molecular formula is C33H36N6O4. The summed E-state index contributed by atoms with van der Waals surface area (Å²) in [6.45, 7) is 9.12. The molecule has 1 atom stereocenters. The standard InChI is InChI=1S/C33H36N6O4/c1-3-15-35-19-27(32(42)24-13-14-24)26-12-8-11-25(31(26)35)18-36-20-28-38(22-29(36)40)30(41)21-37(16-4-2)39(28)33(43)34-17-23-9-6-5-7-10-23/h3-12,19,24,28H,1-2,13-18,20-22H2,(H,34,43)/t28-/m0/s1. The Bertz CT molecular complexity index is 1590. The van der Waals surface area contributed by atoms with E-state index in [1.807, 2.05) is 59.3 Å². The molecule has 1 aliphatic carbocycles. The fourth-order valence-corrected chi connectivity index (χ4v) is 6.11. The van der Waals surface area contributed by atoms with E-state index in [-0.39, 0.29) is 55.7 Å². The molecule has 0 bridgehead atoms. The van der Waals surface area contributed by atoms with Gasteiger partial charge in [0.15, 0.2) is 5.78 Å². The lowest BCUT2D eigenvalue weighted by molar-refractivity contribution is -0.180. The second kappa shape index (κ2) is 11.9. The highest BCUT2D eigenvalue weighted by atomic mass is 16.2. The summed E-state index contributed by atoms with van der Waals surface area (Å²) in [7, 11) is 0. The number of nitrogens with one attached hydrogen (secondary N) is 1. The second-order valence-corrected chi connectivity index (χ2v) is 11.3. The van der Waals surface area contributed by atoms with Gasteiger partial charge in [0, 0.05) is 49.2 Å². The zero-order valence-electron chi connectivity index (χ0n) is 24.2. The number of hydrogen-bond donors (Lipinski definition) is 1. The number of hydrogen-bond acceptors (Lipinski definition) is 5. The van der Waals surface area contributed by atoms with E-state index in [0.717, 1.165) is 34.9 Å². The number of piperazine rings is 1. The van der Waals surface area contributed by atoms with E-state index in [9.17, 15) is 19.2 Å². The Morgan fingerprint density at radius 2 is 1.70 bits per heavy atom. The number of fused-ring (bicyclic) bond motifs is 2. The van der Waals surface area contributed by atoms with Crippen LogP contribution in [0.25, 0.3) is 10.9 Å². The van der Waals surface area contributed by atoms with E-state index in [1.54, 1.807) is 27.1 Å². The Kier molecular flexibility index (Phi) is 7.86. The first-order chi connectivity index (χ1) is 20.9. The minimum Gasteiger partial charge on any atom is -0.343 e. The highest BCUT2D eigenvalue weighted by molar-refractivity contribution is 6.10. The summed E-state index contributed by atoms with van der Waals surface area (Å²) in [5, 5.41) is 7.08. The molecule has 1 aromatic heterocycles. The zero-order chi connectivity index (χ0) is 30.1. The van der Waals surface area contributed by atoms with Crippen LogP contribution in [0.5, 0.6) is 0 Å². The van der Waals surface area contributed by atoms with Crippen molar-refractivity contribution in [3.05, 3.63) is 96.7 Å². The third kappa shape index (κ3) is 5.58. The van der Waals surface area contributed by atoms with Crippen LogP contribution in [-0.2, 0) is 29.2 Å². The first-order valence-corrected chi connectivity index (χ1v) is 14.7. The van der Waals surface area contributed by atoms with Crippen molar-refractivity contribution in [3.63, 3.8) is 0 Å². The number of aromatic nitrogens is 1. The molecule has 1 saturated carbocycles. The molecule has 222 valence electrons. The van der Waals surface area contributed by atoms with E-state index in [2.05, 4.69) is 18.5 Å². The number of carbonyl (C=O) groups is 4. The summed E-state index contributed by atoms with van der Waals surface area (Å²) < 4.78 is 2.02. The van der Waals surface area contributed by atoms with Gasteiger partial charge in [-0.2, -0.15) is 0 Å². The van der Waals surface area contributed by atoms with Gasteiger partial charge in [-0.3, -0.25) is 14.4 Å². The number of carbonyl (C=O) groups excluding carboxylic acids is 4. The van der Waals surface area contributed by atoms with E-state index < -0.39 is 6.17 Å². The number of para-hydroxylation sites is 1. The monoisotopic (exact) mass is 580 g/mol. The summed E-state index contributed by atoms with van der Waals surface area (Å²) in [5.41, 5.74) is 3.44. The number of Topliss-reactive ketones (excluding diaryl/α,β-unsaturated/α-hetero) is 1.